The molecule has 1 aliphatic rings. The number of unbranched alkanes of at least 4 members (excludes halogenated alkanes) is 2. The topological polar surface area (TPSA) is 240 Å². The van der Waals surface area contributed by atoms with Crippen LogP contribution in [-0.4, -0.2) is 57.0 Å². The molecule has 5 rings (SSSR count). The summed E-state index contributed by atoms with van der Waals surface area (Å²) in [5.74, 6) is -3.97. The molecule has 0 fully saturated rings. The third-order valence-electron chi connectivity index (χ3n) is 11.8. The van der Waals surface area contributed by atoms with Crippen molar-refractivity contribution >= 4 is 60.3 Å². The van der Waals surface area contributed by atoms with Crippen molar-refractivity contribution in [3.8, 4) is 17.6 Å². The molecule has 0 aliphatic heterocycles. The monoisotopic (exact) mass is 965 g/mol. The van der Waals surface area contributed by atoms with Gasteiger partial charge < -0.3 is 5.11 Å². The van der Waals surface area contributed by atoms with Crippen molar-refractivity contribution in [2.24, 2.45) is 27.2 Å². The van der Waals surface area contributed by atoms with Gasteiger partial charge in [0, 0.05) is 5.57 Å². The van der Waals surface area contributed by atoms with E-state index in [1.165, 1.54) is 86.6 Å². The van der Waals surface area contributed by atoms with E-state index in [4.69, 9.17) is 14.9 Å². The maximum absolute atomic E-state index is 14.2. The summed E-state index contributed by atoms with van der Waals surface area (Å²) in [6.45, 7) is 18.7. The van der Waals surface area contributed by atoms with Crippen LogP contribution in [0.25, 0.3) is 10.5 Å². The first-order valence-electron chi connectivity index (χ1n) is 22.4. The van der Waals surface area contributed by atoms with Gasteiger partial charge in [0.2, 0.25) is 5.88 Å². The van der Waals surface area contributed by atoms with Crippen LogP contribution in [0.5, 0.6) is 5.88 Å². The number of hydrazone groups is 1. The van der Waals surface area contributed by atoms with Gasteiger partial charge in [-0.2, -0.15) is 32.3 Å². The fraction of sp³-hybridized carbons (Fsp3) is 0.388. The maximum Gasteiger partial charge on any atom is 0.297 e. The van der Waals surface area contributed by atoms with Gasteiger partial charge in [0.15, 0.2) is 11.6 Å². The number of pyridine rings is 1. The van der Waals surface area contributed by atoms with E-state index in [9.17, 15) is 41.6 Å². The van der Waals surface area contributed by atoms with E-state index in [2.05, 4.69) is 39.4 Å². The number of aromatic hydroxyl groups is 1. The van der Waals surface area contributed by atoms with Gasteiger partial charge in [0.25, 0.3) is 31.5 Å². The number of carbonyl (C=O) groups excluding carboxylic acids is 2. The molecule has 0 radical (unpaired) electrons. The Labute approximate surface area is 397 Å². The molecular formula is C49H55N7O10S2. The maximum atomic E-state index is 14.2. The molecule has 68 heavy (non-hydrogen) atoms. The molecule has 1 aromatic heterocycles. The van der Waals surface area contributed by atoms with Crippen molar-refractivity contribution < 1.29 is 39.9 Å². The number of nitrogens with zero attached hydrogens (tertiary/aromatic N) is 6. The Hall–Kier alpha value is -6.64. The van der Waals surface area contributed by atoms with E-state index >= 15 is 0 Å². The Morgan fingerprint density at radius 3 is 1.99 bits per heavy atom. The third-order valence-corrected chi connectivity index (χ3v) is 14.3. The van der Waals surface area contributed by atoms with Crippen LogP contribution in [0, 0.1) is 36.7 Å². The van der Waals surface area contributed by atoms with Gasteiger partial charge in [-0.3, -0.25) is 32.7 Å². The number of nitrogens with one attached hydrogen (secondary N) is 1. The molecule has 0 spiro atoms. The number of azo groups is 1. The number of carbonyl (C=O) groups is 2. The summed E-state index contributed by atoms with van der Waals surface area (Å²) < 4.78 is 64.1. The third kappa shape index (κ3) is 12.1. The van der Waals surface area contributed by atoms with Crippen LogP contribution in [0.15, 0.2) is 114 Å². The molecule has 19 heteroatoms. The van der Waals surface area contributed by atoms with Gasteiger partial charge in [-0.25, -0.2) is 4.85 Å². The lowest BCUT2D eigenvalue weighted by Gasteiger charge is -2.23. The van der Waals surface area contributed by atoms with E-state index in [0.717, 1.165) is 55.9 Å². The second-order valence-corrected chi connectivity index (χ2v) is 19.6. The first kappa shape index (κ1) is 52.3. The predicted octanol–water partition coefficient (Wildman–Crippen LogP) is 10.2. The number of aromatic nitrogens is 1. The number of nitriles is 1. The van der Waals surface area contributed by atoms with E-state index < -0.39 is 49.2 Å². The molecule has 0 amide bonds. The molecule has 3 unspecified atom stereocenters. The van der Waals surface area contributed by atoms with Gasteiger partial charge in [-0.05, 0) is 98.2 Å². The molecular weight excluding hydrogens is 911 g/mol. The number of allylic oxidation sites excluding steroid dienone is 2. The fourth-order valence-corrected chi connectivity index (χ4v) is 9.55. The lowest BCUT2D eigenvalue weighted by Crippen LogP contribution is -2.36. The zero-order valence-electron chi connectivity index (χ0n) is 38.9. The largest absolute Gasteiger partial charge is 0.502 e. The van der Waals surface area contributed by atoms with E-state index in [-0.39, 0.29) is 91.3 Å². The van der Waals surface area contributed by atoms with Gasteiger partial charge >= 0.3 is 0 Å². The van der Waals surface area contributed by atoms with Crippen molar-refractivity contribution in [3.63, 3.8) is 0 Å². The summed E-state index contributed by atoms with van der Waals surface area (Å²) >= 11 is 0. The first-order chi connectivity index (χ1) is 32.5. The highest BCUT2D eigenvalue weighted by Crippen LogP contribution is 2.38. The highest BCUT2D eigenvalue weighted by atomic mass is 32.2. The van der Waals surface area contributed by atoms with E-state index in [1.807, 2.05) is 19.9 Å². The minimum Gasteiger partial charge on any atom is -0.502 e. The minimum atomic E-state index is -4.18. The predicted molar refractivity (Wildman–Crippen MR) is 257 cm³/mol. The Morgan fingerprint density at radius 1 is 0.824 bits per heavy atom. The van der Waals surface area contributed by atoms with Gasteiger partial charge in [0.05, 0.1) is 46.6 Å². The Morgan fingerprint density at radius 2 is 1.41 bits per heavy atom. The number of ketones is 2. The number of anilines is 1. The zero-order valence-corrected chi connectivity index (χ0v) is 40.5. The van der Waals surface area contributed by atoms with Gasteiger partial charge in [-0.1, -0.05) is 90.5 Å². The zero-order chi connectivity index (χ0) is 49.8. The van der Waals surface area contributed by atoms with Crippen molar-refractivity contribution in [3.05, 3.63) is 117 Å². The lowest BCUT2D eigenvalue weighted by molar-refractivity contribution is -0.124. The van der Waals surface area contributed by atoms with Crippen LogP contribution in [0.4, 0.5) is 22.7 Å². The second-order valence-electron chi connectivity index (χ2n) is 16.4. The number of hydrogen-bond donors (Lipinski definition) is 2. The normalized spacial score (nSPS) is 15.9. The summed E-state index contributed by atoms with van der Waals surface area (Å²) in [7, 11) is -8.34. The standard InChI is InChI=1S/C49H55N7O10S2/c1-8-12-17-33(10-3)29-65-67(61,62)39-23-15-20-36(26-39)52-54-43-31(5)41(28-50)46(57)42(47(43)58)35-19-14-22-38(25-35)56-48(59)44(51-7)32(6)45(49(56)60)55-53-37-21-16-24-40(27-37)68(63,64)66-30-34(11-4)18-13-9-2/h14-16,19-27,33-34,42,52,59H,8-13,17-18,29-30H2,1-6H3. The lowest BCUT2D eigenvalue weighted by atomic mass is 9.77. The average molecular weight is 966 g/mol. The molecule has 0 saturated heterocycles. The van der Waals surface area contributed by atoms with Crippen LogP contribution in [0.3, 0.4) is 0 Å². The summed E-state index contributed by atoms with van der Waals surface area (Å²) in [5.41, 5.74) is 0.407. The van der Waals surface area contributed by atoms with Crippen molar-refractivity contribution in [2.45, 2.75) is 109 Å². The highest BCUT2D eigenvalue weighted by molar-refractivity contribution is 7.87. The SMILES string of the molecule is [C-]#[N+]c1c(C)c(N=Nc2cccc(S(=O)(=O)OCC(CC)CCCC)c2)c(=O)n(-c2cccc(C3C(=O)C(=NNc4cccc(S(=O)(=O)OCC(CC)CCCC)c4)C(C)=C(C#N)C3=O)c2)c1O. The Kier molecular flexibility index (Phi) is 18.0. The molecule has 2 N–H and O–H groups in total. The summed E-state index contributed by atoms with van der Waals surface area (Å²) in [4.78, 5) is 45.4. The van der Waals surface area contributed by atoms with Crippen LogP contribution in [-0.2, 0) is 38.2 Å². The minimum absolute atomic E-state index is 0.00953. The molecule has 3 aromatic carbocycles. The average Bonchev–Trinajstić information content (AvgIpc) is 3.32. The number of rotatable bonds is 22. The number of hydrogen-bond acceptors (Lipinski definition) is 15. The molecule has 358 valence electrons. The summed E-state index contributed by atoms with van der Waals surface area (Å²) in [6, 6.07) is 18.4. The quantitative estimate of drug-likeness (QED) is 0.0246. The Bertz CT molecular complexity index is 3020. The molecule has 17 nitrogen and oxygen atoms in total. The van der Waals surface area contributed by atoms with Crippen LogP contribution in [0.2, 0.25) is 0 Å². The van der Waals surface area contributed by atoms with Crippen LogP contribution < -0.4 is 11.0 Å². The summed E-state index contributed by atoms with van der Waals surface area (Å²) in [5, 5.41) is 33.9. The first-order valence-corrected chi connectivity index (χ1v) is 25.2. The molecule has 0 saturated carbocycles. The molecule has 1 heterocycles. The van der Waals surface area contributed by atoms with E-state index in [1.54, 1.807) is 0 Å². The van der Waals surface area contributed by atoms with Crippen LogP contribution >= 0.6 is 0 Å². The van der Waals surface area contributed by atoms with Crippen molar-refractivity contribution in [1.82, 2.24) is 4.57 Å². The second kappa shape index (κ2) is 23.4. The number of benzene rings is 3. The molecule has 1 aliphatic carbocycles. The highest BCUT2D eigenvalue weighted by Gasteiger charge is 2.41. The van der Waals surface area contributed by atoms with E-state index in [0.29, 0.717) is 0 Å². The van der Waals surface area contributed by atoms with Crippen LogP contribution in [0.1, 0.15) is 103 Å². The molecule has 4 aromatic rings. The molecule has 3 atom stereocenters. The van der Waals surface area contributed by atoms with Crippen molar-refractivity contribution in [1.29, 1.82) is 5.26 Å². The van der Waals surface area contributed by atoms with Gasteiger partial charge in [-0.15, -0.1) is 5.11 Å². The smallest absolute Gasteiger partial charge is 0.297 e. The Balaban J connectivity index is 1.46. The fourth-order valence-electron chi connectivity index (χ4n) is 7.51. The number of Topliss-reactive ketones (excluding diaryl/α,β-unsaturated/α-hetero) is 2. The van der Waals surface area contributed by atoms with Crippen molar-refractivity contribution in [2.75, 3.05) is 18.6 Å². The molecule has 0 bridgehead atoms. The van der Waals surface area contributed by atoms with Gasteiger partial charge in [0.1, 0.15) is 29.0 Å². The summed E-state index contributed by atoms with van der Waals surface area (Å²) in [6.07, 6.45) is 6.98.